The van der Waals surface area contributed by atoms with Crippen molar-refractivity contribution in [2.45, 2.75) is 41.0 Å². The van der Waals surface area contributed by atoms with Crippen LogP contribution in [0, 0.1) is 0 Å². The summed E-state index contributed by atoms with van der Waals surface area (Å²) in [6.45, 7) is 2.05. The van der Waals surface area contributed by atoms with Crippen molar-refractivity contribution in [3.8, 4) is 0 Å². The lowest BCUT2D eigenvalue weighted by Crippen LogP contribution is -2.60. The van der Waals surface area contributed by atoms with Gasteiger partial charge in [-0.25, -0.2) is 14.4 Å². The number of anilines is 1. The van der Waals surface area contributed by atoms with E-state index in [-0.39, 0.29) is 40.6 Å². The Hall–Kier alpha value is -2.44. The van der Waals surface area contributed by atoms with E-state index in [1.165, 1.54) is 37.8 Å². The molecule has 1 aromatic heterocycles. The first-order valence-corrected chi connectivity index (χ1v) is 10.9. The lowest BCUT2D eigenvalue weighted by molar-refractivity contribution is -0.131. The highest BCUT2D eigenvalue weighted by atomic mass is 35.5. The van der Waals surface area contributed by atoms with Gasteiger partial charge < -0.3 is 10.1 Å². The second-order valence-electron chi connectivity index (χ2n) is 7.25. The first-order chi connectivity index (χ1) is 15.5. The summed E-state index contributed by atoms with van der Waals surface area (Å²) in [6, 6.07) is 4.24. The Bertz CT molecular complexity index is 976. The lowest BCUT2D eigenvalue weighted by Gasteiger charge is -2.40. The van der Waals surface area contributed by atoms with Crippen LogP contribution in [0.2, 0.25) is 0 Å². The molecule has 0 unspecified atom stereocenters. The number of nitrogens with zero attached hydrogens (tertiary/aromatic N) is 3. The Kier molecular flexibility index (Phi) is 7.80. The number of thioether (sulfide) groups is 1. The highest BCUT2D eigenvalue weighted by Gasteiger charge is 2.47. The number of rotatable bonds is 7. The van der Waals surface area contributed by atoms with Gasteiger partial charge in [-0.3, -0.25) is 14.5 Å². The van der Waals surface area contributed by atoms with Crippen LogP contribution in [0.1, 0.15) is 18.9 Å². The van der Waals surface area contributed by atoms with Crippen molar-refractivity contribution in [1.82, 2.24) is 15.3 Å². The van der Waals surface area contributed by atoms with Crippen LogP contribution in [-0.4, -0.2) is 52.2 Å². The van der Waals surface area contributed by atoms with Crippen LogP contribution >= 0.6 is 23.4 Å². The van der Waals surface area contributed by atoms with Gasteiger partial charge in [-0.05, 0) is 49.4 Å². The summed E-state index contributed by atoms with van der Waals surface area (Å²) in [7, 11) is 0. The second kappa shape index (κ2) is 10.2. The summed E-state index contributed by atoms with van der Waals surface area (Å²) in [5.74, 6) is -1.97. The topological polar surface area (TPSA) is 84.4 Å². The van der Waals surface area contributed by atoms with E-state index in [1.54, 1.807) is 0 Å². The molecular formula is C20H19ClF4N4O3S. The minimum absolute atomic E-state index is 0.0426. The molecule has 178 valence electrons. The zero-order valence-corrected chi connectivity index (χ0v) is 18.8. The van der Waals surface area contributed by atoms with Crippen LogP contribution in [0.15, 0.2) is 47.9 Å². The molecule has 1 aliphatic rings. The van der Waals surface area contributed by atoms with Crippen LogP contribution in [0.25, 0.3) is 0 Å². The van der Waals surface area contributed by atoms with Crippen LogP contribution in [0.3, 0.4) is 0 Å². The highest BCUT2D eigenvalue weighted by molar-refractivity contribution is 8.00. The van der Waals surface area contributed by atoms with E-state index < -0.39 is 28.5 Å². The number of alkyl halides is 5. The molecule has 1 aromatic carbocycles. The van der Waals surface area contributed by atoms with Crippen molar-refractivity contribution >= 4 is 40.9 Å². The predicted molar refractivity (Wildman–Crippen MR) is 113 cm³/mol. The molecule has 0 saturated carbocycles. The standard InChI is InChI=1S/C20H19ClF4N4O3S/c1-19(12-8-26-11-27-9-12,18(31)28-13-6-7-32-10-13)29(17(30)16(21)22)14-2-4-15(5-3-14)33-20(23,24)25/h2-5,8-9,11,13,16H,6-7,10H2,1H3,(H,28,31)/t13-,16+,19+/m1/s1. The maximum absolute atomic E-state index is 14.1. The van der Waals surface area contributed by atoms with Crippen LogP contribution in [0.4, 0.5) is 23.2 Å². The third-order valence-electron chi connectivity index (χ3n) is 5.01. The van der Waals surface area contributed by atoms with Crippen molar-refractivity contribution in [3.63, 3.8) is 0 Å². The minimum Gasteiger partial charge on any atom is -0.379 e. The number of carbonyl (C=O) groups excluding carboxylic acids is 2. The van der Waals surface area contributed by atoms with Gasteiger partial charge in [0.2, 0.25) is 0 Å². The van der Waals surface area contributed by atoms with Gasteiger partial charge in [-0.2, -0.15) is 13.2 Å². The quantitative estimate of drug-likeness (QED) is 0.349. The van der Waals surface area contributed by atoms with Crippen LogP contribution < -0.4 is 10.2 Å². The van der Waals surface area contributed by atoms with Gasteiger partial charge in [-0.1, -0.05) is 11.6 Å². The Labute approximate surface area is 195 Å². The molecule has 1 saturated heterocycles. The number of halogens is 5. The smallest absolute Gasteiger partial charge is 0.379 e. The molecular weight excluding hydrogens is 488 g/mol. The first-order valence-electron chi connectivity index (χ1n) is 9.64. The van der Waals surface area contributed by atoms with Gasteiger partial charge in [0, 0.05) is 35.1 Å². The Morgan fingerprint density at radius 3 is 2.39 bits per heavy atom. The third-order valence-corrected chi connectivity index (χ3v) is 5.94. The zero-order valence-electron chi connectivity index (χ0n) is 17.2. The van der Waals surface area contributed by atoms with Gasteiger partial charge in [0.25, 0.3) is 17.4 Å². The number of hydrogen-bond acceptors (Lipinski definition) is 6. The SMILES string of the molecule is C[C@@](C(=O)N[C@@H]1CCOC1)(c1cncnc1)N(C(=O)[C@H](F)Cl)c1ccc(SC(F)(F)F)cc1. The molecule has 0 bridgehead atoms. The number of benzene rings is 1. The molecule has 0 aliphatic carbocycles. The summed E-state index contributed by atoms with van der Waals surface area (Å²) in [4.78, 5) is 34.8. The normalized spacial score (nSPS) is 18.9. The maximum atomic E-state index is 14.1. The predicted octanol–water partition coefficient (Wildman–Crippen LogP) is 3.78. The molecule has 7 nitrogen and oxygen atoms in total. The average Bonchev–Trinajstić information content (AvgIpc) is 3.27. The molecule has 1 N–H and O–H groups in total. The van der Waals surface area contributed by atoms with Crippen molar-refractivity contribution in [3.05, 3.63) is 48.5 Å². The minimum atomic E-state index is -4.52. The van der Waals surface area contributed by atoms with E-state index >= 15 is 0 Å². The Morgan fingerprint density at radius 2 is 1.88 bits per heavy atom. The number of aromatic nitrogens is 2. The van der Waals surface area contributed by atoms with E-state index in [1.807, 2.05) is 0 Å². The van der Waals surface area contributed by atoms with E-state index in [4.69, 9.17) is 16.3 Å². The molecule has 1 aliphatic heterocycles. The number of hydrogen-bond donors (Lipinski definition) is 1. The molecule has 1 fully saturated rings. The van der Waals surface area contributed by atoms with Crippen molar-refractivity contribution < 1.29 is 31.9 Å². The number of amides is 2. The summed E-state index contributed by atoms with van der Waals surface area (Å²) in [5, 5.41) is 2.77. The molecule has 3 rings (SSSR count). The molecule has 2 amide bonds. The summed E-state index contributed by atoms with van der Waals surface area (Å²) in [5.41, 5.74) is -8.84. The highest BCUT2D eigenvalue weighted by Crippen LogP contribution is 2.39. The Morgan fingerprint density at radius 1 is 1.24 bits per heavy atom. The van der Waals surface area contributed by atoms with Crippen LogP contribution in [-0.2, 0) is 19.9 Å². The van der Waals surface area contributed by atoms with Gasteiger partial charge >= 0.3 is 5.51 Å². The van der Waals surface area contributed by atoms with E-state index in [2.05, 4.69) is 15.3 Å². The molecule has 3 atom stereocenters. The molecule has 13 heteroatoms. The molecule has 2 aromatic rings. The summed E-state index contributed by atoms with van der Waals surface area (Å²) in [6.07, 6.45) is 4.31. The first kappa shape index (κ1) is 25.2. The third kappa shape index (κ3) is 5.92. The van der Waals surface area contributed by atoms with Gasteiger partial charge in [0.1, 0.15) is 6.33 Å². The largest absolute Gasteiger partial charge is 0.446 e. The fourth-order valence-corrected chi connectivity index (χ4v) is 4.02. The van der Waals surface area contributed by atoms with E-state index in [0.717, 1.165) is 17.0 Å². The monoisotopic (exact) mass is 506 g/mol. The molecule has 0 spiro atoms. The number of nitrogens with one attached hydrogen (secondary N) is 1. The number of carbonyl (C=O) groups is 2. The Balaban J connectivity index is 2.08. The van der Waals surface area contributed by atoms with Gasteiger partial charge in [0.15, 0.2) is 5.54 Å². The van der Waals surface area contributed by atoms with Gasteiger partial charge in [0.05, 0.1) is 12.6 Å². The maximum Gasteiger partial charge on any atom is 0.446 e. The molecule has 2 heterocycles. The van der Waals surface area contributed by atoms with Crippen molar-refractivity contribution in [2.75, 3.05) is 18.1 Å². The fourth-order valence-electron chi connectivity index (χ4n) is 3.39. The average molecular weight is 507 g/mol. The zero-order chi connectivity index (χ0) is 24.2. The van der Waals surface area contributed by atoms with Gasteiger partial charge in [-0.15, -0.1) is 0 Å². The molecule has 0 radical (unpaired) electrons. The van der Waals surface area contributed by atoms with E-state index in [0.29, 0.717) is 13.0 Å². The van der Waals surface area contributed by atoms with E-state index in [9.17, 15) is 27.2 Å². The van der Waals surface area contributed by atoms with Crippen molar-refractivity contribution in [2.24, 2.45) is 0 Å². The molecule has 33 heavy (non-hydrogen) atoms. The summed E-state index contributed by atoms with van der Waals surface area (Å²) < 4.78 is 57.4. The second-order valence-corrected chi connectivity index (χ2v) is 8.77. The number of ether oxygens (including phenoxy) is 1. The lowest BCUT2D eigenvalue weighted by atomic mass is 9.89. The summed E-state index contributed by atoms with van der Waals surface area (Å²) >= 11 is 5.12. The fraction of sp³-hybridized carbons (Fsp3) is 0.400. The van der Waals surface area contributed by atoms with Crippen LogP contribution in [0.5, 0.6) is 0 Å². The van der Waals surface area contributed by atoms with Crippen molar-refractivity contribution in [1.29, 1.82) is 0 Å².